The quantitative estimate of drug-likeness (QED) is 0.643. The lowest BCUT2D eigenvalue weighted by molar-refractivity contribution is 0.309. The fourth-order valence-electron chi connectivity index (χ4n) is 3.50. The van der Waals surface area contributed by atoms with E-state index in [9.17, 15) is 16.8 Å². The second-order valence-corrected chi connectivity index (χ2v) is 11.9. The minimum atomic E-state index is -3.72. The highest BCUT2D eigenvalue weighted by Crippen LogP contribution is 2.27. The third-order valence-corrected chi connectivity index (χ3v) is 9.81. The van der Waals surface area contributed by atoms with Crippen LogP contribution < -0.4 is 4.72 Å². The van der Waals surface area contributed by atoms with E-state index >= 15 is 0 Å². The van der Waals surface area contributed by atoms with E-state index in [4.69, 9.17) is 0 Å². The Kier molecular flexibility index (Phi) is 5.47. The largest absolute Gasteiger partial charge is 0.255 e. The number of sulfonamides is 2. The van der Waals surface area contributed by atoms with Gasteiger partial charge in [0.05, 0.1) is 5.52 Å². The summed E-state index contributed by atoms with van der Waals surface area (Å²) in [6.45, 7) is 2.42. The lowest BCUT2D eigenvalue weighted by Crippen LogP contribution is -2.46. The number of aromatic nitrogens is 1. The lowest BCUT2D eigenvalue weighted by atomic mass is 10.1. The van der Waals surface area contributed by atoms with E-state index in [1.54, 1.807) is 35.8 Å². The summed E-state index contributed by atoms with van der Waals surface area (Å²) in [4.78, 5) is 4.52. The van der Waals surface area contributed by atoms with Crippen LogP contribution >= 0.6 is 11.3 Å². The van der Waals surface area contributed by atoms with Gasteiger partial charge in [-0.2, -0.15) is 4.31 Å². The molecule has 1 fully saturated rings. The van der Waals surface area contributed by atoms with Gasteiger partial charge in [0, 0.05) is 30.7 Å². The minimum Gasteiger partial charge on any atom is -0.255 e. The molecule has 3 aromatic rings. The summed E-state index contributed by atoms with van der Waals surface area (Å²) in [5.74, 6) is 0. The van der Waals surface area contributed by atoms with Crippen LogP contribution in [-0.4, -0.2) is 45.3 Å². The summed E-state index contributed by atoms with van der Waals surface area (Å²) < 4.78 is 55.6. The zero-order chi connectivity index (χ0) is 20.6. The Labute approximate surface area is 174 Å². The number of pyridine rings is 1. The van der Waals surface area contributed by atoms with Crippen molar-refractivity contribution in [3.05, 3.63) is 53.5 Å². The smallest absolute Gasteiger partial charge is 0.250 e. The van der Waals surface area contributed by atoms with Crippen LogP contribution in [0.2, 0.25) is 0 Å². The van der Waals surface area contributed by atoms with Gasteiger partial charge >= 0.3 is 0 Å². The number of piperidine rings is 1. The molecule has 4 rings (SSSR count). The van der Waals surface area contributed by atoms with Crippen LogP contribution in [0.5, 0.6) is 0 Å². The van der Waals surface area contributed by atoms with E-state index < -0.39 is 20.0 Å². The SMILES string of the molecule is Cc1cnc2c(S(=O)(=O)N3CCC(NS(=O)(=O)c4cccs4)CC3)cccc2c1. The molecule has 7 nitrogen and oxygen atoms in total. The Morgan fingerprint density at radius 3 is 2.55 bits per heavy atom. The molecule has 0 unspecified atom stereocenters. The Bertz CT molecular complexity index is 1230. The van der Waals surface area contributed by atoms with Crippen molar-refractivity contribution in [1.29, 1.82) is 0 Å². The number of thiophene rings is 1. The van der Waals surface area contributed by atoms with Gasteiger partial charge in [-0.3, -0.25) is 4.98 Å². The van der Waals surface area contributed by atoms with Crippen molar-refractivity contribution in [1.82, 2.24) is 14.0 Å². The molecule has 1 N–H and O–H groups in total. The molecule has 0 atom stereocenters. The first-order valence-corrected chi connectivity index (χ1v) is 13.0. The molecule has 0 radical (unpaired) electrons. The first-order valence-electron chi connectivity index (χ1n) is 9.19. The van der Waals surface area contributed by atoms with E-state index in [0.29, 0.717) is 18.4 Å². The van der Waals surface area contributed by atoms with Crippen molar-refractivity contribution < 1.29 is 16.8 Å². The van der Waals surface area contributed by atoms with Gasteiger partial charge in [-0.15, -0.1) is 11.3 Å². The molecule has 0 bridgehead atoms. The van der Waals surface area contributed by atoms with Crippen LogP contribution in [0.3, 0.4) is 0 Å². The van der Waals surface area contributed by atoms with Crippen LogP contribution in [0.25, 0.3) is 10.9 Å². The maximum Gasteiger partial charge on any atom is 0.250 e. The fraction of sp³-hybridized carbons (Fsp3) is 0.316. The van der Waals surface area contributed by atoms with Crippen LogP contribution in [-0.2, 0) is 20.0 Å². The third kappa shape index (κ3) is 4.08. The molecule has 29 heavy (non-hydrogen) atoms. The number of nitrogens with zero attached hydrogens (tertiary/aromatic N) is 2. The molecule has 0 amide bonds. The fourth-order valence-corrected chi connectivity index (χ4v) is 7.45. The second kappa shape index (κ2) is 7.77. The standard InChI is InChI=1S/C19H21N3O4S3/c1-14-12-15-4-2-5-17(19(15)20-13-14)29(25,26)22-9-7-16(8-10-22)21-28(23,24)18-6-3-11-27-18/h2-6,11-13,16,21H,7-10H2,1H3. The highest BCUT2D eigenvalue weighted by Gasteiger charge is 2.32. The molecular weight excluding hydrogens is 430 g/mol. The lowest BCUT2D eigenvalue weighted by Gasteiger charge is -2.31. The molecule has 1 aliphatic rings. The average molecular weight is 452 g/mol. The van der Waals surface area contributed by atoms with Crippen molar-refractivity contribution in [2.75, 3.05) is 13.1 Å². The maximum absolute atomic E-state index is 13.2. The predicted molar refractivity (Wildman–Crippen MR) is 113 cm³/mol. The number of benzene rings is 1. The van der Waals surface area contributed by atoms with Crippen molar-refractivity contribution >= 4 is 42.3 Å². The van der Waals surface area contributed by atoms with Gasteiger partial charge in [-0.25, -0.2) is 21.6 Å². The molecule has 0 aliphatic carbocycles. The van der Waals surface area contributed by atoms with E-state index in [1.807, 2.05) is 19.1 Å². The van der Waals surface area contributed by atoms with E-state index in [2.05, 4.69) is 9.71 Å². The van der Waals surface area contributed by atoms with Gasteiger partial charge in [0.25, 0.3) is 0 Å². The monoisotopic (exact) mass is 451 g/mol. The van der Waals surface area contributed by atoms with Crippen LogP contribution in [0.4, 0.5) is 0 Å². The van der Waals surface area contributed by atoms with Gasteiger partial charge in [0.2, 0.25) is 20.0 Å². The van der Waals surface area contributed by atoms with Crippen molar-refractivity contribution in [2.45, 2.75) is 34.9 Å². The van der Waals surface area contributed by atoms with Crippen molar-refractivity contribution in [3.8, 4) is 0 Å². The van der Waals surface area contributed by atoms with Crippen molar-refractivity contribution in [2.24, 2.45) is 0 Å². The zero-order valence-corrected chi connectivity index (χ0v) is 18.2. The maximum atomic E-state index is 13.2. The summed E-state index contributed by atoms with van der Waals surface area (Å²) in [5, 5.41) is 2.49. The molecule has 2 aromatic heterocycles. The number of para-hydroxylation sites is 1. The molecule has 154 valence electrons. The molecule has 1 aliphatic heterocycles. The van der Waals surface area contributed by atoms with Gasteiger partial charge in [-0.1, -0.05) is 18.2 Å². The Morgan fingerprint density at radius 2 is 1.86 bits per heavy atom. The molecule has 10 heteroatoms. The molecule has 0 saturated carbocycles. The summed E-state index contributed by atoms with van der Waals surface area (Å²) in [6, 6.07) is 10.0. The van der Waals surface area contributed by atoms with E-state index in [1.165, 1.54) is 4.31 Å². The average Bonchev–Trinajstić information content (AvgIpc) is 3.23. The molecule has 3 heterocycles. The molecular formula is C19H21N3O4S3. The third-order valence-electron chi connectivity index (χ3n) is 4.96. The number of rotatable bonds is 5. The number of hydrogen-bond donors (Lipinski definition) is 1. The van der Waals surface area contributed by atoms with Crippen LogP contribution in [0, 0.1) is 6.92 Å². The number of nitrogens with one attached hydrogen (secondary N) is 1. The van der Waals surface area contributed by atoms with Gasteiger partial charge < -0.3 is 0 Å². The van der Waals surface area contributed by atoms with Crippen molar-refractivity contribution in [3.63, 3.8) is 0 Å². The second-order valence-electron chi connectivity index (χ2n) is 7.07. The highest BCUT2D eigenvalue weighted by molar-refractivity contribution is 7.91. The summed E-state index contributed by atoms with van der Waals surface area (Å²) in [5.41, 5.74) is 1.42. The highest BCUT2D eigenvalue weighted by atomic mass is 32.2. The number of fused-ring (bicyclic) bond motifs is 1. The van der Waals surface area contributed by atoms with E-state index in [0.717, 1.165) is 22.3 Å². The first kappa shape index (κ1) is 20.4. The van der Waals surface area contributed by atoms with Gasteiger partial charge in [0.15, 0.2) is 0 Å². The van der Waals surface area contributed by atoms with Crippen LogP contribution in [0.15, 0.2) is 57.1 Å². The van der Waals surface area contributed by atoms with Crippen LogP contribution in [0.1, 0.15) is 18.4 Å². The summed E-state index contributed by atoms with van der Waals surface area (Å²) >= 11 is 1.16. The molecule has 0 spiro atoms. The normalized spacial score (nSPS) is 17.0. The molecule has 1 aromatic carbocycles. The van der Waals surface area contributed by atoms with Gasteiger partial charge in [0.1, 0.15) is 9.10 Å². The summed E-state index contributed by atoms with van der Waals surface area (Å²) in [6.07, 6.45) is 2.50. The summed E-state index contributed by atoms with van der Waals surface area (Å²) in [7, 11) is -7.28. The topological polar surface area (TPSA) is 96.4 Å². The zero-order valence-electron chi connectivity index (χ0n) is 15.8. The van der Waals surface area contributed by atoms with Gasteiger partial charge in [-0.05, 0) is 48.9 Å². The minimum absolute atomic E-state index is 0.188. The Hall–Kier alpha value is -1.85. The number of hydrogen-bond acceptors (Lipinski definition) is 6. The first-order chi connectivity index (χ1) is 13.8. The predicted octanol–water partition coefficient (Wildman–Crippen LogP) is 2.74. The Balaban J connectivity index is 1.51. The Morgan fingerprint density at radius 1 is 1.10 bits per heavy atom. The molecule has 1 saturated heterocycles. The van der Waals surface area contributed by atoms with E-state index in [-0.39, 0.29) is 28.2 Å². The number of aryl methyl sites for hydroxylation is 1.